The number of nitrogens with zero attached hydrogens (tertiary/aromatic N) is 2. The number of hydrogen-bond donors (Lipinski definition) is 1. The lowest BCUT2D eigenvalue weighted by atomic mass is 10.3. The van der Waals surface area contributed by atoms with Crippen molar-refractivity contribution in [3.8, 4) is 0 Å². The van der Waals surface area contributed by atoms with E-state index < -0.39 is 11.6 Å². The highest BCUT2D eigenvalue weighted by atomic mass is 19.2. The van der Waals surface area contributed by atoms with Gasteiger partial charge in [-0.15, -0.1) is 0 Å². The third-order valence-corrected chi connectivity index (χ3v) is 2.31. The van der Waals surface area contributed by atoms with E-state index in [2.05, 4.69) is 10.3 Å². The summed E-state index contributed by atoms with van der Waals surface area (Å²) in [6.07, 6.45) is 3.44. The number of benzene rings is 1. The molecule has 16 heavy (non-hydrogen) atoms. The Hall–Kier alpha value is -1.91. The molecule has 2 aromatic rings. The van der Waals surface area contributed by atoms with Crippen LogP contribution in [0.25, 0.3) is 0 Å². The standard InChI is InChI=1S/C11H11F2N3/c1-16-6-5-14-10(16)7-15-9-4-2-3-8(12)11(9)13/h2-6,15H,7H2,1H3. The maximum Gasteiger partial charge on any atom is 0.181 e. The third kappa shape index (κ3) is 2.03. The van der Waals surface area contributed by atoms with Gasteiger partial charge in [-0.3, -0.25) is 0 Å². The van der Waals surface area contributed by atoms with Gasteiger partial charge in [0, 0.05) is 19.4 Å². The zero-order valence-electron chi connectivity index (χ0n) is 8.74. The van der Waals surface area contributed by atoms with Gasteiger partial charge < -0.3 is 9.88 Å². The van der Waals surface area contributed by atoms with Crippen LogP contribution in [0.4, 0.5) is 14.5 Å². The van der Waals surface area contributed by atoms with E-state index >= 15 is 0 Å². The van der Waals surface area contributed by atoms with E-state index in [0.29, 0.717) is 6.54 Å². The van der Waals surface area contributed by atoms with E-state index in [9.17, 15) is 8.78 Å². The third-order valence-electron chi connectivity index (χ3n) is 2.31. The average molecular weight is 223 g/mol. The van der Waals surface area contributed by atoms with E-state index in [0.717, 1.165) is 11.9 Å². The number of hydrogen-bond acceptors (Lipinski definition) is 2. The van der Waals surface area contributed by atoms with Crippen LogP contribution < -0.4 is 5.32 Å². The minimum atomic E-state index is -0.864. The SMILES string of the molecule is Cn1ccnc1CNc1cccc(F)c1F. The number of rotatable bonds is 3. The summed E-state index contributed by atoms with van der Waals surface area (Å²) < 4.78 is 28.0. The fourth-order valence-corrected chi connectivity index (χ4v) is 1.38. The van der Waals surface area contributed by atoms with Crippen LogP contribution in [0, 0.1) is 11.6 Å². The minimum Gasteiger partial charge on any atom is -0.375 e. The second kappa shape index (κ2) is 4.30. The van der Waals surface area contributed by atoms with Gasteiger partial charge in [0.05, 0.1) is 12.2 Å². The van der Waals surface area contributed by atoms with E-state index in [1.807, 2.05) is 11.6 Å². The number of aryl methyl sites for hydroxylation is 1. The molecule has 2 rings (SSSR count). The first-order chi connectivity index (χ1) is 7.68. The van der Waals surface area contributed by atoms with Gasteiger partial charge in [0.1, 0.15) is 5.82 Å². The molecule has 0 spiro atoms. The van der Waals surface area contributed by atoms with Crippen molar-refractivity contribution >= 4 is 5.69 Å². The van der Waals surface area contributed by atoms with Gasteiger partial charge in [0.15, 0.2) is 11.6 Å². The topological polar surface area (TPSA) is 29.9 Å². The quantitative estimate of drug-likeness (QED) is 0.865. The molecule has 0 aliphatic heterocycles. The number of halogens is 2. The van der Waals surface area contributed by atoms with E-state index in [-0.39, 0.29) is 5.69 Å². The van der Waals surface area contributed by atoms with Crippen LogP contribution in [-0.2, 0) is 13.6 Å². The van der Waals surface area contributed by atoms with Crippen molar-refractivity contribution in [2.24, 2.45) is 7.05 Å². The summed E-state index contributed by atoms with van der Waals surface area (Å²) in [5.41, 5.74) is 0.142. The zero-order chi connectivity index (χ0) is 11.5. The van der Waals surface area contributed by atoms with Crippen LogP contribution in [0.3, 0.4) is 0 Å². The van der Waals surface area contributed by atoms with Crippen molar-refractivity contribution in [3.05, 3.63) is 48.1 Å². The Morgan fingerprint density at radius 3 is 2.88 bits per heavy atom. The highest BCUT2D eigenvalue weighted by molar-refractivity contribution is 5.44. The van der Waals surface area contributed by atoms with Gasteiger partial charge in [-0.1, -0.05) is 6.07 Å². The summed E-state index contributed by atoms with van der Waals surface area (Å²) in [7, 11) is 1.84. The largest absolute Gasteiger partial charge is 0.375 e. The van der Waals surface area contributed by atoms with Gasteiger partial charge >= 0.3 is 0 Å². The molecule has 3 nitrogen and oxygen atoms in total. The number of anilines is 1. The summed E-state index contributed by atoms with van der Waals surface area (Å²) in [6.45, 7) is 0.351. The molecule has 0 amide bonds. The first kappa shape index (κ1) is 10.6. The molecule has 0 aliphatic carbocycles. The molecule has 0 atom stereocenters. The number of aromatic nitrogens is 2. The molecule has 1 aromatic heterocycles. The molecule has 1 aromatic carbocycles. The van der Waals surface area contributed by atoms with Crippen LogP contribution in [0.5, 0.6) is 0 Å². The fraction of sp³-hybridized carbons (Fsp3) is 0.182. The Kier molecular flexibility index (Phi) is 2.85. The second-order valence-corrected chi connectivity index (χ2v) is 3.41. The fourth-order valence-electron chi connectivity index (χ4n) is 1.38. The normalized spacial score (nSPS) is 10.4. The highest BCUT2D eigenvalue weighted by Crippen LogP contribution is 2.16. The molecule has 0 saturated heterocycles. The summed E-state index contributed by atoms with van der Waals surface area (Å²) in [6, 6.07) is 4.03. The zero-order valence-corrected chi connectivity index (χ0v) is 8.74. The molecule has 0 fully saturated rings. The molecular formula is C11H11F2N3. The summed E-state index contributed by atoms with van der Waals surface area (Å²) in [5, 5.41) is 2.80. The first-order valence-corrected chi connectivity index (χ1v) is 4.82. The van der Waals surface area contributed by atoms with Gasteiger partial charge in [-0.05, 0) is 12.1 Å². The lowest BCUT2D eigenvalue weighted by Gasteiger charge is -2.07. The molecule has 0 unspecified atom stereocenters. The predicted octanol–water partition coefficient (Wildman–Crippen LogP) is 2.31. The lowest BCUT2D eigenvalue weighted by molar-refractivity contribution is 0.510. The Bertz CT molecular complexity index is 494. The van der Waals surface area contributed by atoms with Crippen molar-refractivity contribution in [1.29, 1.82) is 0 Å². The maximum atomic E-state index is 13.3. The summed E-state index contributed by atoms with van der Waals surface area (Å²) in [5.74, 6) is -0.967. The monoisotopic (exact) mass is 223 g/mol. The van der Waals surface area contributed by atoms with Gasteiger partial charge in [-0.25, -0.2) is 13.8 Å². The van der Waals surface area contributed by atoms with Crippen molar-refractivity contribution in [1.82, 2.24) is 9.55 Å². The van der Waals surface area contributed by atoms with Crippen molar-refractivity contribution in [3.63, 3.8) is 0 Å². The van der Waals surface area contributed by atoms with Crippen LogP contribution >= 0.6 is 0 Å². The van der Waals surface area contributed by atoms with Crippen molar-refractivity contribution < 1.29 is 8.78 Å². The molecule has 1 N–H and O–H groups in total. The Balaban J connectivity index is 2.11. The summed E-state index contributed by atoms with van der Waals surface area (Å²) in [4.78, 5) is 4.07. The van der Waals surface area contributed by atoms with Crippen molar-refractivity contribution in [2.45, 2.75) is 6.54 Å². The predicted molar refractivity (Wildman–Crippen MR) is 56.9 cm³/mol. The van der Waals surface area contributed by atoms with Gasteiger partial charge in [0.2, 0.25) is 0 Å². The molecular weight excluding hydrogens is 212 g/mol. The summed E-state index contributed by atoms with van der Waals surface area (Å²) >= 11 is 0. The second-order valence-electron chi connectivity index (χ2n) is 3.41. The van der Waals surface area contributed by atoms with Gasteiger partial charge in [-0.2, -0.15) is 0 Å². The number of imidazole rings is 1. The van der Waals surface area contributed by atoms with Gasteiger partial charge in [0.25, 0.3) is 0 Å². The molecule has 0 aliphatic rings. The Morgan fingerprint density at radius 2 is 2.19 bits per heavy atom. The molecule has 0 saturated carbocycles. The van der Waals surface area contributed by atoms with E-state index in [4.69, 9.17) is 0 Å². The van der Waals surface area contributed by atoms with Crippen LogP contribution in [0.2, 0.25) is 0 Å². The molecule has 1 heterocycles. The molecule has 5 heteroatoms. The first-order valence-electron chi connectivity index (χ1n) is 4.82. The van der Waals surface area contributed by atoms with Crippen LogP contribution in [0.15, 0.2) is 30.6 Å². The van der Waals surface area contributed by atoms with Crippen molar-refractivity contribution in [2.75, 3.05) is 5.32 Å². The van der Waals surface area contributed by atoms with E-state index in [1.54, 1.807) is 12.4 Å². The smallest absolute Gasteiger partial charge is 0.181 e. The molecule has 0 bridgehead atoms. The lowest BCUT2D eigenvalue weighted by Crippen LogP contribution is -2.07. The Labute approximate surface area is 91.7 Å². The van der Waals surface area contributed by atoms with E-state index in [1.165, 1.54) is 12.1 Å². The molecule has 84 valence electrons. The Morgan fingerprint density at radius 1 is 1.38 bits per heavy atom. The van der Waals surface area contributed by atoms with Crippen LogP contribution in [-0.4, -0.2) is 9.55 Å². The average Bonchev–Trinajstić information content (AvgIpc) is 2.67. The highest BCUT2D eigenvalue weighted by Gasteiger charge is 2.07. The van der Waals surface area contributed by atoms with Crippen LogP contribution in [0.1, 0.15) is 5.82 Å². The minimum absolute atomic E-state index is 0.142. The number of nitrogens with one attached hydrogen (secondary N) is 1. The maximum absolute atomic E-state index is 13.3. The molecule has 0 radical (unpaired) electrons.